The highest BCUT2D eigenvalue weighted by Gasteiger charge is 2.35. The molecule has 0 amide bonds. The van der Waals surface area contributed by atoms with Gasteiger partial charge in [0.05, 0.1) is 22.7 Å². The lowest BCUT2D eigenvalue weighted by Gasteiger charge is -2.31. The fourth-order valence-electron chi connectivity index (χ4n) is 3.29. The van der Waals surface area contributed by atoms with Crippen LogP contribution in [0.2, 0.25) is 0 Å². The van der Waals surface area contributed by atoms with E-state index in [1.54, 1.807) is 6.92 Å². The number of aliphatic carboxylic acids is 1. The second kappa shape index (κ2) is 10.5. The second-order valence-corrected chi connectivity index (χ2v) is 9.37. The first kappa shape index (κ1) is 26.9. The van der Waals surface area contributed by atoms with Crippen molar-refractivity contribution in [3.05, 3.63) is 77.9 Å². The molecule has 0 unspecified atom stereocenters. The summed E-state index contributed by atoms with van der Waals surface area (Å²) in [5.74, 6) is -2.18. The van der Waals surface area contributed by atoms with E-state index in [1.165, 1.54) is 24.3 Å². The third kappa shape index (κ3) is 5.93. The molecule has 3 aromatic carbocycles. The number of fused-ring (bicyclic) bond motifs is 1. The van der Waals surface area contributed by atoms with Crippen LogP contribution in [0.25, 0.3) is 11.1 Å². The van der Waals surface area contributed by atoms with Gasteiger partial charge in [0.15, 0.2) is 0 Å². The number of anilines is 1. The van der Waals surface area contributed by atoms with Crippen LogP contribution in [0.1, 0.15) is 18.9 Å². The summed E-state index contributed by atoms with van der Waals surface area (Å²) in [5.41, 5.74) is -0.758. The van der Waals surface area contributed by atoms with Crippen molar-refractivity contribution in [3.8, 4) is 16.9 Å². The molecule has 1 aliphatic rings. The van der Waals surface area contributed by atoms with Gasteiger partial charge in [-0.1, -0.05) is 19.1 Å². The van der Waals surface area contributed by atoms with E-state index in [1.807, 2.05) is 0 Å². The Bertz CT molecular complexity index is 1380. The number of carboxylic acids is 1. The van der Waals surface area contributed by atoms with Crippen LogP contribution < -0.4 is 9.04 Å². The van der Waals surface area contributed by atoms with E-state index in [4.69, 9.17) is 9.84 Å². The van der Waals surface area contributed by atoms with E-state index in [9.17, 15) is 35.2 Å². The highest BCUT2D eigenvalue weighted by atomic mass is 32.2. The average Bonchev–Trinajstić information content (AvgIpc) is 2.83. The molecule has 1 aliphatic heterocycles. The Balaban J connectivity index is 0.000000658. The van der Waals surface area contributed by atoms with E-state index >= 15 is 0 Å². The summed E-state index contributed by atoms with van der Waals surface area (Å²) in [7, 11) is -4.37. The first-order chi connectivity index (χ1) is 16.8. The van der Waals surface area contributed by atoms with Crippen molar-refractivity contribution in [2.75, 3.05) is 17.5 Å². The standard InChI is InChI=1S/C21H14F5NO3S.C3H6O2/c22-15-5-6-17(18(23)12-15)13-4-7-20-19(10-13)27(8-9-30-20)31(28,29)16-3-1-2-14(11-16)21(24,25)26;1-2-3(4)5/h1-7,10-12H,8-9H2;2H2,1H3,(H,4,5). The molecule has 12 heteroatoms. The van der Waals surface area contributed by atoms with Crippen LogP contribution in [-0.4, -0.2) is 32.6 Å². The monoisotopic (exact) mass is 529 g/mol. The SMILES string of the molecule is CCC(=O)O.O=S(=O)(c1cccc(C(F)(F)F)c1)N1CCOc2ccc(-c3ccc(F)cc3F)cc21. The van der Waals surface area contributed by atoms with Crippen LogP contribution in [0.4, 0.5) is 27.6 Å². The number of carboxylic acid groups (broad SMARTS) is 1. The van der Waals surface area contributed by atoms with Crippen molar-refractivity contribution < 1.29 is 45.0 Å². The minimum absolute atomic E-state index is 0.0184. The van der Waals surface area contributed by atoms with Gasteiger partial charge in [0.25, 0.3) is 10.0 Å². The van der Waals surface area contributed by atoms with E-state index in [0.717, 1.165) is 28.6 Å². The number of hydrogen-bond acceptors (Lipinski definition) is 4. The summed E-state index contributed by atoms with van der Waals surface area (Å²) in [5, 5.41) is 7.72. The Labute approximate surface area is 203 Å². The highest BCUT2D eigenvalue weighted by Crippen LogP contribution is 2.39. The summed E-state index contributed by atoms with van der Waals surface area (Å²) in [6, 6.07) is 10.7. The Hall–Kier alpha value is -3.67. The Morgan fingerprint density at radius 3 is 2.36 bits per heavy atom. The van der Waals surface area contributed by atoms with Gasteiger partial charge in [0.1, 0.15) is 24.0 Å². The van der Waals surface area contributed by atoms with E-state index in [0.29, 0.717) is 12.1 Å². The fraction of sp³-hybridized carbons (Fsp3) is 0.208. The predicted molar refractivity (Wildman–Crippen MR) is 121 cm³/mol. The molecule has 1 N–H and O–H groups in total. The van der Waals surface area contributed by atoms with Gasteiger partial charge in [-0.15, -0.1) is 0 Å². The smallest absolute Gasteiger partial charge is 0.416 e. The van der Waals surface area contributed by atoms with Crippen molar-refractivity contribution in [3.63, 3.8) is 0 Å². The van der Waals surface area contributed by atoms with E-state index in [2.05, 4.69) is 0 Å². The zero-order chi connectivity index (χ0) is 26.7. The molecule has 0 aromatic heterocycles. The molecule has 0 aliphatic carbocycles. The van der Waals surface area contributed by atoms with Crippen molar-refractivity contribution in [1.82, 2.24) is 0 Å². The molecule has 0 fully saturated rings. The molecule has 0 spiro atoms. The Morgan fingerprint density at radius 2 is 1.75 bits per heavy atom. The lowest BCUT2D eigenvalue weighted by Crippen LogP contribution is -2.38. The summed E-state index contributed by atoms with van der Waals surface area (Å²) >= 11 is 0. The maximum atomic E-state index is 14.2. The van der Waals surface area contributed by atoms with Crippen LogP contribution in [0.15, 0.2) is 65.6 Å². The fourth-order valence-corrected chi connectivity index (χ4v) is 4.79. The number of rotatable bonds is 4. The molecule has 0 saturated heterocycles. The third-order valence-corrected chi connectivity index (χ3v) is 6.88. The molecule has 6 nitrogen and oxygen atoms in total. The van der Waals surface area contributed by atoms with Crippen LogP contribution in [0.5, 0.6) is 5.75 Å². The van der Waals surface area contributed by atoms with Crippen molar-refractivity contribution >= 4 is 21.7 Å². The molecule has 0 radical (unpaired) electrons. The molecule has 36 heavy (non-hydrogen) atoms. The lowest BCUT2D eigenvalue weighted by molar-refractivity contribution is -0.138. The van der Waals surface area contributed by atoms with Gasteiger partial charge in [0, 0.05) is 18.1 Å². The number of ether oxygens (including phenoxy) is 1. The van der Waals surface area contributed by atoms with E-state index < -0.39 is 44.3 Å². The average molecular weight is 529 g/mol. The quantitative estimate of drug-likeness (QED) is 0.437. The molecular weight excluding hydrogens is 509 g/mol. The summed E-state index contributed by atoms with van der Waals surface area (Å²) < 4.78 is 99.3. The van der Waals surface area contributed by atoms with Gasteiger partial charge in [-0.25, -0.2) is 17.2 Å². The molecule has 0 saturated carbocycles. The maximum Gasteiger partial charge on any atom is 0.416 e. The van der Waals surface area contributed by atoms with Gasteiger partial charge in [-0.3, -0.25) is 9.10 Å². The number of hydrogen-bond donors (Lipinski definition) is 1. The summed E-state index contributed by atoms with van der Waals surface area (Å²) in [6.45, 7) is 1.43. The van der Waals surface area contributed by atoms with Gasteiger partial charge in [0.2, 0.25) is 0 Å². The highest BCUT2D eigenvalue weighted by molar-refractivity contribution is 7.92. The van der Waals surface area contributed by atoms with Gasteiger partial charge in [-0.05, 0) is 48.0 Å². The van der Waals surface area contributed by atoms with Gasteiger partial charge in [-0.2, -0.15) is 13.2 Å². The number of carbonyl (C=O) groups is 1. The maximum absolute atomic E-state index is 14.2. The number of nitrogens with zero attached hydrogens (tertiary/aromatic N) is 1. The molecule has 4 rings (SSSR count). The zero-order valence-electron chi connectivity index (χ0n) is 18.7. The first-order valence-corrected chi connectivity index (χ1v) is 11.9. The van der Waals surface area contributed by atoms with Crippen LogP contribution in [-0.2, 0) is 21.0 Å². The second-order valence-electron chi connectivity index (χ2n) is 7.51. The van der Waals surface area contributed by atoms with Gasteiger partial charge < -0.3 is 9.84 Å². The normalized spacial score (nSPS) is 13.2. The first-order valence-electron chi connectivity index (χ1n) is 10.5. The number of sulfonamides is 1. The predicted octanol–water partition coefficient (Wildman–Crippen LogP) is 5.72. The molecule has 1 heterocycles. The van der Waals surface area contributed by atoms with Crippen LogP contribution >= 0.6 is 0 Å². The van der Waals surface area contributed by atoms with Crippen LogP contribution in [0, 0.1) is 11.6 Å². The molecule has 3 aromatic rings. The molecule has 0 bridgehead atoms. The summed E-state index contributed by atoms with van der Waals surface area (Å²) in [6.07, 6.45) is -4.48. The lowest BCUT2D eigenvalue weighted by atomic mass is 10.0. The molecular formula is C24H20F5NO5S. The topological polar surface area (TPSA) is 83.9 Å². The molecule has 0 atom stereocenters. The number of halogens is 5. The largest absolute Gasteiger partial charge is 0.489 e. The minimum atomic E-state index is -4.71. The number of alkyl halides is 3. The molecule has 192 valence electrons. The van der Waals surface area contributed by atoms with Crippen molar-refractivity contribution in [1.29, 1.82) is 0 Å². The third-order valence-electron chi connectivity index (χ3n) is 5.07. The minimum Gasteiger partial charge on any atom is -0.489 e. The Morgan fingerprint density at radius 1 is 1.06 bits per heavy atom. The van der Waals surface area contributed by atoms with Crippen LogP contribution in [0.3, 0.4) is 0 Å². The van der Waals surface area contributed by atoms with E-state index in [-0.39, 0.29) is 42.1 Å². The van der Waals surface area contributed by atoms with Crippen molar-refractivity contribution in [2.45, 2.75) is 24.4 Å². The van der Waals surface area contributed by atoms with Gasteiger partial charge >= 0.3 is 12.1 Å². The summed E-state index contributed by atoms with van der Waals surface area (Å²) in [4.78, 5) is 8.83. The van der Waals surface area contributed by atoms with Crippen molar-refractivity contribution in [2.24, 2.45) is 0 Å². The zero-order valence-corrected chi connectivity index (χ0v) is 19.5. The Kier molecular flexibility index (Phi) is 7.87. The number of benzene rings is 3.